The first-order chi connectivity index (χ1) is 14.6. The van der Waals surface area contributed by atoms with E-state index in [1.807, 2.05) is 18.2 Å². The number of carbonyl (C=O) groups excluding carboxylic acids is 1. The van der Waals surface area contributed by atoms with E-state index >= 15 is 0 Å². The monoisotopic (exact) mass is 447 g/mol. The number of hydrogen-bond donors (Lipinski definition) is 1. The average Bonchev–Trinajstić information content (AvgIpc) is 3.44. The molecule has 4 rings (SSSR count). The Bertz CT molecular complexity index is 986. The zero-order valence-electron chi connectivity index (χ0n) is 16.5. The number of aromatic nitrogens is 2. The van der Waals surface area contributed by atoms with Gasteiger partial charge in [-0.25, -0.2) is 0 Å². The van der Waals surface area contributed by atoms with Crippen LogP contribution in [0.1, 0.15) is 6.92 Å². The zero-order chi connectivity index (χ0) is 20.9. The van der Waals surface area contributed by atoms with Crippen LogP contribution in [0.15, 0.2) is 50.7 Å². The lowest BCUT2D eigenvalue weighted by Crippen LogP contribution is -2.46. The summed E-state index contributed by atoms with van der Waals surface area (Å²) < 4.78 is 10.7. The topological polar surface area (TPSA) is 87.6 Å². The molecule has 0 atom stereocenters. The van der Waals surface area contributed by atoms with Crippen LogP contribution in [0.2, 0.25) is 5.02 Å². The van der Waals surface area contributed by atoms with Crippen molar-refractivity contribution in [1.29, 1.82) is 0 Å². The van der Waals surface area contributed by atoms with E-state index < -0.39 is 0 Å². The number of carbonyl (C=O) groups is 1. The Morgan fingerprint density at radius 1 is 1.20 bits per heavy atom. The number of piperazine rings is 1. The molecule has 1 fully saturated rings. The fourth-order valence-electron chi connectivity index (χ4n) is 3.31. The maximum absolute atomic E-state index is 12.6. The molecule has 2 aromatic heterocycles. The number of nitrogens with one attached hydrogen (secondary N) is 1. The van der Waals surface area contributed by atoms with Crippen molar-refractivity contribution in [3.8, 4) is 11.7 Å². The third-order valence-corrected chi connectivity index (χ3v) is 5.99. The van der Waals surface area contributed by atoms with Crippen molar-refractivity contribution < 1.29 is 13.6 Å². The van der Waals surface area contributed by atoms with Gasteiger partial charge < -0.3 is 24.0 Å². The molecule has 0 bridgehead atoms. The third-order valence-electron chi connectivity index (χ3n) is 4.86. The number of thioether (sulfide) groups is 1. The molecule has 3 aromatic rings. The summed E-state index contributed by atoms with van der Waals surface area (Å²) in [6.07, 6.45) is 1.53. The highest BCUT2D eigenvalue weighted by Crippen LogP contribution is 2.35. The fraction of sp³-hybridized carbons (Fsp3) is 0.350. The maximum Gasteiger partial charge on any atom is 0.284 e. The largest absolute Gasteiger partial charge is 0.459 e. The second-order valence-electron chi connectivity index (χ2n) is 6.74. The molecule has 0 spiro atoms. The number of halogens is 1. The Kier molecular flexibility index (Phi) is 6.61. The van der Waals surface area contributed by atoms with E-state index in [2.05, 4.69) is 32.2 Å². The Hall–Kier alpha value is -2.49. The minimum absolute atomic E-state index is 0.134. The molecule has 8 nitrogen and oxygen atoms in total. The van der Waals surface area contributed by atoms with Crippen molar-refractivity contribution in [3.05, 3.63) is 41.6 Å². The zero-order valence-corrected chi connectivity index (χ0v) is 18.1. The normalized spacial score (nSPS) is 14.8. The quantitative estimate of drug-likeness (QED) is 0.546. The van der Waals surface area contributed by atoms with Gasteiger partial charge in [-0.15, -0.1) is 10.2 Å². The van der Waals surface area contributed by atoms with Crippen LogP contribution in [0.25, 0.3) is 11.7 Å². The van der Waals surface area contributed by atoms with Crippen molar-refractivity contribution in [1.82, 2.24) is 15.1 Å². The van der Waals surface area contributed by atoms with Gasteiger partial charge in [-0.05, 0) is 30.8 Å². The third kappa shape index (κ3) is 4.80. The predicted molar refractivity (Wildman–Crippen MR) is 117 cm³/mol. The summed E-state index contributed by atoms with van der Waals surface area (Å²) in [6.45, 7) is 6.88. The number of para-hydroxylation sites is 1. The molecule has 1 aliphatic heterocycles. The van der Waals surface area contributed by atoms with Gasteiger partial charge in [-0.2, -0.15) is 0 Å². The SMILES string of the molecule is CCN1CCN(c2c(Cl)cccc2NC(=O)CSc2nnc(-c3ccco3)o2)CC1. The van der Waals surface area contributed by atoms with Crippen LogP contribution in [0.3, 0.4) is 0 Å². The minimum atomic E-state index is -0.173. The van der Waals surface area contributed by atoms with Crippen LogP contribution in [-0.2, 0) is 4.79 Å². The van der Waals surface area contributed by atoms with Crippen LogP contribution in [0.4, 0.5) is 11.4 Å². The van der Waals surface area contributed by atoms with Crippen molar-refractivity contribution in [3.63, 3.8) is 0 Å². The Morgan fingerprint density at radius 3 is 2.77 bits per heavy atom. The molecule has 0 aliphatic carbocycles. The molecule has 3 heterocycles. The van der Waals surface area contributed by atoms with Crippen molar-refractivity contribution >= 4 is 40.6 Å². The molecular weight excluding hydrogens is 426 g/mol. The summed E-state index contributed by atoms with van der Waals surface area (Å²) in [4.78, 5) is 17.2. The van der Waals surface area contributed by atoms with Crippen molar-refractivity contribution in [2.45, 2.75) is 12.1 Å². The van der Waals surface area contributed by atoms with E-state index in [4.69, 9.17) is 20.4 Å². The van der Waals surface area contributed by atoms with E-state index in [0.717, 1.165) is 38.4 Å². The molecule has 1 N–H and O–H groups in total. The van der Waals surface area contributed by atoms with Gasteiger partial charge >= 0.3 is 0 Å². The number of amides is 1. The van der Waals surface area contributed by atoms with Gasteiger partial charge in [-0.3, -0.25) is 4.79 Å². The summed E-state index contributed by atoms with van der Waals surface area (Å²) in [6, 6.07) is 9.03. The Labute approximate surface area is 183 Å². The van der Waals surface area contributed by atoms with Gasteiger partial charge in [0.05, 0.1) is 28.4 Å². The molecule has 0 radical (unpaired) electrons. The van der Waals surface area contributed by atoms with Gasteiger partial charge in [0.25, 0.3) is 11.1 Å². The number of hydrogen-bond acceptors (Lipinski definition) is 8. The highest BCUT2D eigenvalue weighted by Gasteiger charge is 2.21. The lowest BCUT2D eigenvalue weighted by atomic mass is 10.2. The Balaban J connectivity index is 1.38. The summed E-state index contributed by atoms with van der Waals surface area (Å²) in [7, 11) is 0. The molecule has 0 saturated carbocycles. The molecule has 1 aliphatic rings. The molecular formula is C20H22ClN5O3S. The average molecular weight is 448 g/mol. The number of likely N-dealkylation sites (N-methyl/N-ethyl adjacent to an activating group) is 1. The summed E-state index contributed by atoms with van der Waals surface area (Å²) in [5, 5.41) is 11.8. The van der Waals surface area contributed by atoms with E-state index in [-0.39, 0.29) is 17.6 Å². The first-order valence-electron chi connectivity index (χ1n) is 9.70. The molecule has 1 saturated heterocycles. The second kappa shape index (κ2) is 9.55. The number of rotatable bonds is 7. The van der Waals surface area contributed by atoms with Crippen LogP contribution < -0.4 is 10.2 Å². The molecule has 1 amide bonds. The lowest BCUT2D eigenvalue weighted by molar-refractivity contribution is -0.113. The van der Waals surface area contributed by atoms with E-state index in [9.17, 15) is 4.79 Å². The number of benzene rings is 1. The van der Waals surface area contributed by atoms with E-state index in [1.54, 1.807) is 12.1 Å². The predicted octanol–water partition coefficient (Wildman–Crippen LogP) is 3.86. The summed E-state index contributed by atoms with van der Waals surface area (Å²) in [5.41, 5.74) is 1.58. The van der Waals surface area contributed by atoms with Crippen LogP contribution in [-0.4, -0.2) is 59.5 Å². The Morgan fingerprint density at radius 2 is 2.03 bits per heavy atom. The van der Waals surface area contributed by atoms with Gasteiger partial charge in [0.15, 0.2) is 5.76 Å². The molecule has 0 unspecified atom stereocenters. The van der Waals surface area contributed by atoms with E-state index in [0.29, 0.717) is 21.7 Å². The minimum Gasteiger partial charge on any atom is -0.459 e. The first kappa shape index (κ1) is 20.8. The lowest BCUT2D eigenvalue weighted by Gasteiger charge is -2.36. The smallest absolute Gasteiger partial charge is 0.284 e. The van der Waals surface area contributed by atoms with Gasteiger partial charge in [0, 0.05) is 26.2 Å². The molecule has 10 heteroatoms. The molecule has 30 heavy (non-hydrogen) atoms. The van der Waals surface area contributed by atoms with Crippen LogP contribution in [0, 0.1) is 0 Å². The highest BCUT2D eigenvalue weighted by molar-refractivity contribution is 7.99. The summed E-state index contributed by atoms with van der Waals surface area (Å²) >= 11 is 7.65. The van der Waals surface area contributed by atoms with E-state index in [1.165, 1.54) is 18.0 Å². The van der Waals surface area contributed by atoms with Crippen LogP contribution >= 0.6 is 23.4 Å². The standard InChI is InChI=1S/C20H22ClN5O3S/c1-2-25-8-10-26(11-9-25)18-14(21)5-3-6-15(18)22-17(27)13-30-20-24-23-19(29-20)16-7-4-12-28-16/h3-7,12H,2,8-11,13H2,1H3,(H,22,27). The number of anilines is 2. The number of nitrogens with zero attached hydrogens (tertiary/aromatic N) is 4. The molecule has 1 aromatic carbocycles. The number of furan rings is 1. The van der Waals surface area contributed by atoms with Crippen LogP contribution in [0.5, 0.6) is 0 Å². The van der Waals surface area contributed by atoms with Gasteiger partial charge in [0.1, 0.15) is 0 Å². The second-order valence-corrected chi connectivity index (χ2v) is 8.08. The maximum atomic E-state index is 12.6. The highest BCUT2D eigenvalue weighted by atomic mass is 35.5. The van der Waals surface area contributed by atoms with Gasteiger partial charge in [0.2, 0.25) is 5.91 Å². The van der Waals surface area contributed by atoms with Crippen molar-refractivity contribution in [2.24, 2.45) is 0 Å². The molecule has 158 valence electrons. The fourth-order valence-corrected chi connectivity index (χ4v) is 4.16. The first-order valence-corrected chi connectivity index (χ1v) is 11.1. The summed E-state index contributed by atoms with van der Waals surface area (Å²) in [5.74, 6) is 0.736. The van der Waals surface area contributed by atoms with Crippen molar-refractivity contribution in [2.75, 3.05) is 48.7 Å². The van der Waals surface area contributed by atoms with Gasteiger partial charge in [-0.1, -0.05) is 36.4 Å².